The number of rotatable bonds is 6. The number of carbonyl (C=O) groups excluding carboxylic acids is 1. The molecule has 3 saturated heterocycles. The van der Waals surface area contributed by atoms with Crippen LogP contribution in [0.25, 0.3) is 0 Å². The van der Waals surface area contributed by atoms with Gasteiger partial charge in [0.05, 0.1) is 6.10 Å². The van der Waals surface area contributed by atoms with Crippen LogP contribution in [0.15, 0.2) is 18.2 Å². The van der Waals surface area contributed by atoms with Crippen LogP contribution in [-0.4, -0.2) is 67.7 Å². The second-order valence-electron chi connectivity index (χ2n) is 9.35. The van der Waals surface area contributed by atoms with Gasteiger partial charge in [-0.1, -0.05) is 6.07 Å². The summed E-state index contributed by atoms with van der Waals surface area (Å²) in [7, 11) is 0. The number of benzene rings is 1. The van der Waals surface area contributed by atoms with Gasteiger partial charge in [0, 0.05) is 32.7 Å². The minimum atomic E-state index is 0.261. The Hall–Kier alpha value is -1.59. The molecule has 0 radical (unpaired) electrons. The van der Waals surface area contributed by atoms with E-state index in [-0.39, 0.29) is 6.10 Å². The Balaban J connectivity index is 1.22. The minimum absolute atomic E-state index is 0.261. The number of likely N-dealkylation sites (tertiary alicyclic amines) is 2. The number of ether oxygens (including phenoxy) is 2. The molecule has 3 aliphatic rings. The van der Waals surface area contributed by atoms with E-state index >= 15 is 0 Å². The summed E-state index contributed by atoms with van der Waals surface area (Å²) in [4.78, 5) is 17.1. The van der Waals surface area contributed by atoms with Crippen LogP contribution in [-0.2, 0) is 9.53 Å². The van der Waals surface area contributed by atoms with Crippen molar-refractivity contribution in [1.82, 2.24) is 9.80 Å². The van der Waals surface area contributed by atoms with E-state index in [1.54, 1.807) is 0 Å². The standard InChI is InChI=1S/C24H36N2O3/c1-19-5-6-21(16-20(19)2)29-15-13-25-11-9-24(10-12-25)8-7-23(27)26(18-24)17-22-4-3-14-28-22/h5-6,16,22H,3-4,7-15,17-18H2,1-2H3/t22-/m1/s1. The first kappa shape index (κ1) is 20.7. The smallest absolute Gasteiger partial charge is 0.222 e. The van der Waals surface area contributed by atoms with Crippen LogP contribution in [0.2, 0.25) is 0 Å². The zero-order valence-corrected chi connectivity index (χ0v) is 18.1. The molecule has 0 N–H and O–H groups in total. The maximum atomic E-state index is 12.4. The van der Waals surface area contributed by atoms with Crippen LogP contribution >= 0.6 is 0 Å². The molecule has 0 aromatic heterocycles. The number of hydrogen-bond acceptors (Lipinski definition) is 4. The molecule has 1 atom stereocenters. The zero-order chi connectivity index (χ0) is 20.3. The maximum Gasteiger partial charge on any atom is 0.222 e. The summed E-state index contributed by atoms with van der Waals surface area (Å²) < 4.78 is 11.8. The van der Waals surface area contributed by atoms with Gasteiger partial charge in [0.15, 0.2) is 0 Å². The summed E-state index contributed by atoms with van der Waals surface area (Å²) >= 11 is 0. The molecule has 29 heavy (non-hydrogen) atoms. The van der Waals surface area contributed by atoms with Gasteiger partial charge in [-0.3, -0.25) is 9.69 Å². The van der Waals surface area contributed by atoms with Crippen molar-refractivity contribution in [2.45, 2.75) is 58.5 Å². The van der Waals surface area contributed by atoms with E-state index in [9.17, 15) is 4.79 Å². The number of amides is 1. The molecule has 1 aromatic rings. The predicted molar refractivity (Wildman–Crippen MR) is 114 cm³/mol. The Bertz CT molecular complexity index is 706. The molecule has 0 bridgehead atoms. The van der Waals surface area contributed by atoms with E-state index < -0.39 is 0 Å². The van der Waals surface area contributed by atoms with Gasteiger partial charge in [-0.05, 0) is 87.7 Å². The summed E-state index contributed by atoms with van der Waals surface area (Å²) in [6.07, 6.45) is 6.64. The fraction of sp³-hybridized carbons (Fsp3) is 0.708. The molecule has 1 amide bonds. The predicted octanol–water partition coefficient (Wildman–Crippen LogP) is 3.57. The first-order valence-electron chi connectivity index (χ1n) is 11.3. The lowest BCUT2D eigenvalue weighted by molar-refractivity contribution is -0.141. The second-order valence-corrected chi connectivity index (χ2v) is 9.35. The molecule has 3 aliphatic heterocycles. The van der Waals surface area contributed by atoms with Crippen molar-refractivity contribution in [2.24, 2.45) is 5.41 Å². The van der Waals surface area contributed by atoms with E-state index in [0.29, 0.717) is 17.7 Å². The average molecular weight is 401 g/mol. The summed E-state index contributed by atoms with van der Waals surface area (Å²) in [5.74, 6) is 1.30. The van der Waals surface area contributed by atoms with E-state index in [1.165, 1.54) is 24.0 Å². The normalized spacial score (nSPS) is 25.0. The number of hydrogen-bond donors (Lipinski definition) is 0. The summed E-state index contributed by atoms with van der Waals surface area (Å²) in [5, 5.41) is 0. The number of carbonyl (C=O) groups is 1. The van der Waals surface area contributed by atoms with Gasteiger partial charge in [0.2, 0.25) is 5.91 Å². The molecule has 3 fully saturated rings. The molecule has 0 aliphatic carbocycles. The highest BCUT2D eigenvalue weighted by Gasteiger charge is 2.41. The minimum Gasteiger partial charge on any atom is -0.492 e. The first-order chi connectivity index (χ1) is 14.0. The average Bonchev–Trinajstić information content (AvgIpc) is 3.22. The first-order valence-corrected chi connectivity index (χ1v) is 11.3. The quantitative estimate of drug-likeness (QED) is 0.732. The SMILES string of the molecule is Cc1ccc(OCCN2CCC3(CCC(=O)N(C[C@H]4CCCO4)C3)CC2)cc1C. The number of nitrogens with zero attached hydrogens (tertiary/aromatic N) is 2. The van der Waals surface area contributed by atoms with Crippen LogP contribution in [0.1, 0.15) is 49.7 Å². The lowest BCUT2D eigenvalue weighted by atomic mass is 9.72. The van der Waals surface area contributed by atoms with Gasteiger partial charge in [0.1, 0.15) is 12.4 Å². The van der Waals surface area contributed by atoms with Crippen molar-refractivity contribution in [1.29, 1.82) is 0 Å². The monoisotopic (exact) mass is 400 g/mol. The van der Waals surface area contributed by atoms with Gasteiger partial charge in [-0.15, -0.1) is 0 Å². The zero-order valence-electron chi connectivity index (χ0n) is 18.1. The lowest BCUT2D eigenvalue weighted by Gasteiger charge is -2.47. The third kappa shape index (κ3) is 5.13. The van der Waals surface area contributed by atoms with Crippen LogP contribution in [0.5, 0.6) is 5.75 Å². The fourth-order valence-electron chi connectivity index (χ4n) is 5.06. The summed E-state index contributed by atoms with van der Waals surface area (Å²) in [6, 6.07) is 6.32. The molecule has 5 nitrogen and oxygen atoms in total. The molecule has 4 rings (SSSR count). The van der Waals surface area contributed by atoms with Crippen LogP contribution in [0.3, 0.4) is 0 Å². The van der Waals surface area contributed by atoms with Crippen LogP contribution in [0, 0.1) is 19.3 Å². The van der Waals surface area contributed by atoms with Gasteiger partial charge in [-0.2, -0.15) is 0 Å². The van der Waals surface area contributed by atoms with E-state index in [4.69, 9.17) is 9.47 Å². The van der Waals surface area contributed by atoms with Crippen LogP contribution in [0.4, 0.5) is 0 Å². The highest BCUT2D eigenvalue weighted by Crippen LogP contribution is 2.40. The van der Waals surface area contributed by atoms with E-state index in [2.05, 4.69) is 41.8 Å². The van der Waals surface area contributed by atoms with Crippen molar-refractivity contribution in [3.63, 3.8) is 0 Å². The number of piperidine rings is 2. The molecule has 160 valence electrons. The van der Waals surface area contributed by atoms with Crippen molar-refractivity contribution in [2.75, 3.05) is 45.9 Å². The molecule has 0 saturated carbocycles. The van der Waals surface area contributed by atoms with Crippen molar-refractivity contribution >= 4 is 5.91 Å². The maximum absolute atomic E-state index is 12.4. The Morgan fingerprint density at radius 2 is 2.00 bits per heavy atom. The Labute approximate surface area is 175 Å². The van der Waals surface area contributed by atoms with Crippen molar-refractivity contribution in [3.8, 4) is 5.75 Å². The molecular weight excluding hydrogens is 364 g/mol. The highest BCUT2D eigenvalue weighted by molar-refractivity contribution is 5.77. The highest BCUT2D eigenvalue weighted by atomic mass is 16.5. The summed E-state index contributed by atoms with van der Waals surface area (Å²) in [6.45, 7) is 10.8. The Morgan fingerprint density at radius 1 is 1.17 bits per heavy atom. The largest absolute Gasteiger partial charge is 0.492 e. The summed E-state index contributed by atoms with van der Waals surface area (Å²) in [5.41, 5.74) is 2.90. The van der Waals surface area contributed by atoms with Gasteiger partial charge < -0.3 is 14.4 Å². The molecule has 5 heteroatoms. The third-order valence-corrected chi connectivity index (χ3v) is 7.27. The molecular formula is C24H36N2O3. The van der Waals surface area contributed by atoms with E-state index in [1.807, 2.05) is 0 Å². The van der Waals surface area contributed by atoms with Crippen molar-refractivity contribution < 1.29 is 14.3 Å². The Morgan fingerprint density at radius 3 is 2.72 bits per heavy atom. The Kier molecular flexibility index (Phi) is 6.45. The van der Waals surface area contributed by atoms with Crippen molar-refractivity contribution in [3.05, 3.63) is 29.3 Å². The van der Waals surface area contributed by atoms with Gasteiger partial charge in [-0.25, -0.2) is 0 Å². The number of aryl methyl sites for hydroxylation is 2. The molecule has 1 aromatic carbocycles. The van der Waals surface area contributed by atoms with Crippen LogP contribution < -0.4 is 4.74 Å². The second kappa shape index (κ2) is 9.05. The topological polar surface area (TPSA) is 42.0 Å². The molecule has 1 spiro atoms. The van der Waals surface area contributed by atoms with Gasteiger partial charge >= 0.3 is 0 Å². The lowest BCUT2D eigenvalue weighted by Crippen LogP contribution is -2.53. The van der Waals surface area contributed by atoms with E-state index in [0.717, 1.165) is 70.9 Å². The molecule has 3 heterocycles. The molecule has 0 unspecified atom stereocenters. The van der Waals surface area contributed by atoms with Gasteiger partial charge in [0.25, 0.3) is 0 Å². The third-order valence-electron chi connectivity index (χ3n) is 7.27. The fourth-order valence-corrected chi connectivity index (χ4v) is 5.06.